The fourth-order valence-electron chi connectivity index (χ4n) is 2.51. The summed E-state index contributed by atoms with van der Waals surface area (Å²) in [6.45, 7) is 2.06. The molecule has 0 saturated heterocycles. The van der Waals surface area contributed by atoms with Crippen LogP contribution < -0.4 is 10.6 Å². The van der Waals surface area contributed by atoms with Crippen LogP contribution in [0.4, 0.5) is 26.0 Å². The van der Waals surface area contributed by atoms with Crippen LogP contribution in [0.2, 0.25) is 0 Å². The molecule has 1 aromatic heterocycles. The number of benzene rings is 2. The predicted molar refractivity (Wildman–Crippen MR) is 97.7 cm³/mol. The Hall–Kier alpha value is -3.28. The minimum atomic E-state index is -1.02. The third kappa shape index (κ3) is 4.03. The Bertz CT molecular complexity index is 944. The first-order valence-corrected chi connectivity index (χ1v) is 8.14. The van der Waals surface area contributed by atoms with Crippen LogP contribution in [0.25, 0.3) is 0 Å². The number of hydrogen-bond acceptors (Lipinski definition) is 3. The van der Waals surface area contributed by atoms with Gasteiger partial charge in [0.05, 0.1) is 0 Å². The second kappa shape index (κ2) is 7.74. The Balaban J connectivity index is 1.78. The minimum absolute atomic E-state index is 0.177. The summed E-state index contributed by atoms with van der Waals surface area (Å²) in [7, 11) is 0. The molecule has 0 radical (unpaired) electrons. The van der Waals surface area contributed by atoms with Gasteiger partial charge in [-0.25, -0.2) is 13.8 Å². The largest absolute Gasteiger partial charge is 0.340 e. The van der Waals surface area contributed by atoms with Gasteiger partial charge in [-0.1, -0.05) is 25.1 Å². The fraction of sp³-hybridized carbons (Fsp3) is 0.100. The van der Waals surface area contributed by atoms with Crippen LogP contribution in [0.5, 0.6) is 0 Å². The number of hydrogen-bond donors (Lipinski definition) is 2. The van der Waals surface area contributed by atoms with Crippen LogP contribution >= 0.6 is 0 Å². The number of aromatic nitrogens is 1. The van der Waals surface area contributed by atoms with Crippen LogP contribution in [0, 0.1) is 11.6 Å². The number of para-hydroxylation sites is 1. The van der Waals surface area contributed by atoms with E-state index >= 15 is 0 Å². The summed E-state index contributed by atoms with van der Waals surface area (Å²) in [5, 5.41) is 5.74. The molecule has 4 nitrogen and oxygen atoms in total. The van der Waals surface area contributed by atoms with E-state index in [1.807, 2.05) is 24.3 Å². The van der Waals surface area contributed by atoms with E-state index in [1.54, 1.807) is 12.1 Å². The number of carbonyl (C=O) groups is 1. The molecule has 132 valence electrons. The van der Waals surface area contributed by atoms with Crippen LogP contribution in [0.3, 0.4) is 0 Å². The number of nitrogens with one attached hydrogen (secondary N) is 2. The lowest BCUT2D eigenvalue weighted by Crippen LogP contribution is -2.12. The highest BCUT2D eigenvalue weighted by atomic mass is 19.2. The van der Waals surface area contributed by atoms with E-state index < -0.39 is 17.5 Å². The summed E-state index contributed by atoms with van der Waals surface area (Å²) in [5.41, 5.74) is 2.57. The van der Waals surface area contributed by atoms with Crippen molar-refractivity contribution in [2.24, 2.45) is 0 Å². The molecule has 26 heavy (non-hydrogen) atoms. The van der Waals surface area contributed by atoms with Crippen molar-refractivity contribution in [1.29, 1.82) is 0 Å². The Kier molecular flexibility index (Phi) is 5.22. The molecule has 2 N–H and O–H groups in total. The number of aryl methyl sites for hydroxylation is 1. The molecule has 1 amide bonds. The lowest BCUT2D eigenvalue weighted by atomic mass is 10.1. The first-order chi connectivity index (χ1) is 12.6. The van der Waals surface area contributed by atoms with Gasteiger partial charge in [-0.05, 0) is 42.3 Å². The van der Waals surface area contributed by atoms with Crippen LogP contribution in [0.15, 0.2) is 60.8 Å². The van der Waals surface area contributed by atoms with Crippen molar-refractivity contribution in [2.75, 3.05) is 10.6 Å². The minimum Gasteiger partial charge on any atom is -0.340 e. The molecule has 0 unspecified atom stereocenters. The molecule has 6 heteroatoms. The van der Waals surface area contributed by atoms with E-state index in [9.17, 15) is 13.6 Å². The first kappa shape index (κ1) is 17.5. The van der Waals surface area contributed by atoms with E-state index in [2.05, 4.69) is 22.5 Å². The third-order valence-electron chi connectivity index (χ3n) is 3.86. The normalized spacial score (nSPS) is 10.4. The zero-order chi connectivity index (χ0) is 18.5. The average Bonchev–Trinajstić information content (AvgIpc) is 2.65. The van der Waals surface area contributed by atoms with E-state index in [4.69, 9.17) is 0 Å². The van der Waals surface area contributed by atoms with Gasteiger partial charge < -0.3 is 10.6 Å². The Morgan fingerprint density at radius 3 is 2.62 bits per heavy atom. The SMILES string of the molecule is CCc1ccccc1Nc1cc(C(=O)Nc2ccc(F)c(F)c2)ccn1. The Morgan fingerprint density at radius 2 is 1.85 bits per heavy atom. The smallest absolute Gasteiger partial charge is 0.255 e. The molecular weight excluding hydrogens is 336 g/mol. The molecule has 2 aromatic carbocycles. The highest BCUT2D eigenvalue weighted by molar-refractivity contribution is 6.04. The number of halogens is 2. The lowest BCUT2D eigenvalue weighted by Gasteiger charge is -2.11. The summed E-state index contributed by atoms with van der Waals surface area (Å²) < 4.78 is 26.2. The maximum Gasteiger partial charge on any atom is 0.255 e. The maximum absolute atomic E-state index is 13.3. The molecule has 3 aromatic rings. The highest BCUT2D eigenvalue weighted by Crippen LogP contribution is 2.21. The first-order valence-electron chi connectivity index (χ1n) is 8.14. The third-order valence-corrected chi connectivity index (χ3v) is 3.86. The molecule has 0 spiro atoms. The van der Waals surface area contributed by atoms with Crippen molar-refractivity contribution in [2.45, 2.75) is 13.3 Å². The number of nitrogens with zero attached hydrogens (tertiary/aromatic N) is 1. The number of pyridine rings is 1. The second-order valence-corrected chi connectivity index (χ2v) is 5.65. The summed E-state index contributed by atoms with van der Waals surface area (Å²) in [6.07, 6.45) is 2.37. The molecule has 1 heterocycles. The van der Waals surface area contributed by atoms with E-state index in [-0.39, 0.29) is 5.69 Å². The van der Waals surface area contributed by atoms with E-state index in [1.165, 1.54) is 12.3 Å². The van der Waals surface area contributed by atoms with Crippen LogP contribution in [-0.2, 0) is 6.42 Å². The van der Waals surface area contributed by atoms with E-state index in [0.717, 1.165) is 29.8 Å². The fourth-order valence-corrected chi connectivity index (χ4v) is 2.51. The molecule has 0 atom stereocenters. The maximum atomic E-state index is 13.3. The lowest BCUT2D eigenvalue weighted by molar-refractivity contribution is 0.102. The molecule has 3 rings (SSSR count). The number of carbonyl (C=O) groups excluding carboxylic acids is 1. The van der Waals surface area contributed by atoms with Crippen molar-refractivity contribution in [3.63, 3.8) is 0 Å². The quantitative estimate of drug-likeness (QED) is 0.685. The number of rotatable bonds is 5. The zero-order valence-electron chi connectivity index (χ0n) is 14.1. The summed E-state index contributed by atoms with van der Waals surface area (Å²) in [5.74, 6) is -1.90. The molecule has 0 aliphatic heterocycles. The van der Waals surface area contributed by atoms with Gasteiger partial charge in [0.25, 0.3) is 5.91 Å². The number of amides is 1. The Morgan fingerprint density at radius 1 is 1.04 bits per heavy atom. The van der Waals surface area contributed by atoms with Gasteiger partial charge >= 0.3 is 0 Å². The molecule has 0 aliphatic carbocycles. The number of anilines is 3. The Labute approximate surface area is 149 Å². The summed E-state index contributed by atoms with van der Waals surface area (Å²) >= 11 is 0. The standard InChI is InChI=1S/C20H17F2N3O/c1-2-13-5-3-4-6-18(13)25-19-11-14(9-10-23-19)20(26)24-15-7-8-16(21)17(22)12-15/h3-12H,2H2,1H3,(H,23,25)(H,24,26). The van der Waals surface area contributed by atoms with Crippen molar-refractivity contribution in [3.8, 4) is 0 Å². The predicted octanol–water partition coefficient (Wildman–Crippen LogP) is 4.92. The van der Waals surface area contributed by atoms with Gasteiger partial charge in [0.15, 0.2) is 11.6 Å². The molecule has 0 fully saturated rings. The van der Waals surface area contributed by atoms with Gasteiger partial charge in [-0.3, -0.25) is 4.79 Å². The van der Waals surface area contributed by atoms with E-state index in [0.29, 0.717) is 11.4 Å². The van der Waals surface area contributed by atoms with Gasteiger partial charge in [-0.15, -0.1) is 0 Å². The summed E-state index contributed by atoms with van der Waals surface area (Å²) in [6, 6.07) is 14.2. The van der Waals surface area contributed by atoms with Gasteiger partial charge in [-0.2, -0.15) is 0 Å². The van der Waals surface area contributed by atoms with Crippen LogP contribution in [0.1, 0.15) is 22.8 Å². The highest BCUT2D eigenvalue weighted by Gasteiger charge is 2.10. The molecule has 0 bridgehead atoms. The van der Waals surface area contributed by atoms with Gasteiger partial charge in [0.1, 0.15) is 5.82 Å². The summed E-state index contributed by atoms with van der Waals surface area (Å²) in [4.78, 5) is 16.6. The van der Waals surface area contributed by atoms with Gasteiger partial charge in [0.2, 0.25) is 0 Å². The van der Waals surface area contributed by atoms with Crippen molar-refractivity contribution in [3.05, 3.63) is 83.6 Å². The zero-order valence-corrected chi connectivity index (χ0v) is 14.1. The topological polar surface area (TPSA) is 54.0 Å². The van der Waals surface area contributed by atoms with Crippen molar-refractivity contribution in [1.82, 2.24) is 4.98 Å². The molecule has 0 aliphatic rings. The van der Waals surface area contributed by atoms with Crippen molar-refractivity contribution >= 4 is 23.1 Å². The molecular formula is C20H17F2N3O. The molecule has 0 saturated carbocycles. The van der Waals surface area contributed by atoms with Gasteiger partial charge in [0, 0.05) is 29.2 Å². The second-order valence-electron chi connectivity index (χ2n) is 5.65. The van der Waals surface area contributed by atoms with Crippen LogP contribution in [-0.4, -0.2) is 10.9 Å². The monoisotopic (exact) mass is 353 g/mol. The average molecular weight is 353 g/mol. The van der Waals surface area contributed by atoms with Crippen molar-refractivity contribution < 1.29 is 13.6 Å².